The van der Waals surface area contributed by atoms with Gasteiger partial charge in [-0.15, -0.1) is 0 Å². The van der Waals surface area contributed by atoms with E-state index < -0.39 is 10.8 Å². The van der Waals surface area contributed by atoms with Crippen LogP contribution in [0.4, 0.5) is 0 Å². The molecule has 2 unspecified atom stereocenters. The van der Waals surface area contributed by atoms with Gasteiger partial charge in [-0.3, -0.25) is 4.21 Å². The van der Waals surface area contributed by atoms with E-state index in [-0.39, 0.29) is 5.25 Å². The van der Waals surface area contributed by atoms with Crippen LogP contribution in [0.25, 0.3) is 0 Å². The second-order valence-corrected chi connectivity index (χ2v) is 10.9. The third kappa shape index (κ3) is 17.8. The minimum absolute atomic E-state index is 0.191. The van der Waals surface area contributed by atoms with E-state index in [1.807, 2.05) is 18.2 Å². The molecule has 0 N–H and O–H groups in total. The molecule has 0 spiro atoms. The van der Waals surface area contributed by atoms with Crippen molar-refractivity contribution >= 4 is 10.8 Å². The van der Waals surface area contributed by atoms with Gasteiger partial charge in [0.25, 0.3) is 0 Å². The molecule has 1 heterocycles. The van der Waals surface area contributed by atoms with Crippen LogP contribution < -0.4 is 9.47 Å². The molecule has 0 radical (unpaired) electrons. The zero-order valence-corrected chi connectivity index (χ0v) is 24.3. The van der Waals surface area contributed by atoms with Gasteiger partial charge in [0.2, 0.25) is 6.79 Å². The van der Waals surface area contributed by atoms with E-state index in [2.05, 4.69) is 13.8 Å². The van der Waals surface area contributed by atoms with Gasteiger partial charge in [-0.25, -0.2) is 0 Å². The third-order valence-electron chi connectivity index (χ3n) is 5.72. The van der Waals surface area contributed by atoms with Crippen LogP contribution in [0.1, 0.15) is 57.9 Å². The lowest BCUT2D eigenvalue weighted by molar-refractivity contribution is -0.00380. The maximum Gasteiger partial charge on any atom is 0.231 e. The Morgan fingerprint density at radius 1 is 0.784 bits per heavy atom. The number of methoxy groups -OCH3 is 2. The first-order chi connectivity index (χ1) is 18.1. The molecule has 0 aliphatic carbocycles. The molecular weight excluding hydrogens is 496 g/mol. The molecule has 0 bridgehead atoms. The van der Waals surface area contributed by atoms with E-state index in [9.17, 15) is 4.21 Å². The van der Waals surface area contributed by atoms with Crippen molar-refractivity contribution in [1.82, 2.24) is 0 Å². The average Bonchev–Trinajstić information content (AvgIpc) is 3.37. The highest BCUT2D eigenvalue weighted by Gasteiger charge is 2.16. The molecule has 1 aromatic rings. The van der Waals surface area contributed by atoms with Crippen LogP contribution >= 0.6 is 0 Å². The fourth-order valence-corrected chi connectivity index (χ4v) is 4.81. The summed E-state index contributed by atoms with van der Waals surface area (Å²) < 4.78 is 48.4. The van der Waals surface area contributed by atoms with Gasteiger partial charge in [0, 0.05) is 36.0 Å². The summed E-state index contributed by atoms with van der Waals surface area (Å²) in [6.07, 6.45) is 8.32. The van der Waals surface area contributed by atoms with Gasteiger partial charge in [-0.05, 0) is 30.5 Å². The van der Waals surface area contributed by atoms with Crippen molar-refractivity contribution in [3.05, 3.63) is 23.8 Å². The second-order valence-electron chi connectivity index (χ2n) is 8.88. The molecule has 0 aromatic heterocycles. The molecular formula is C28H50O8S. The van der Waals surface area contributed by atoms with Crippen molar-refractivity contribution in [3.63, 3.8) is 0 Å². The standard InChI is InChI=1S/C18H28O3S.C10H22O5/c1-3-4-5-6-7-8-11-22(19)15(2)12-16-9-10-17-18(13-16)21-14-20-17;1-11-3-5-13-7-9-15-10-8-14-6-4-12-2/h9-10,13,15H,3-8,11-12,14H2,1-2H3;3-10H2,1-2H3. The predicted octanol–water partition coefficient (Wildman–Crippen LogP) is 4.78. The van der Waals surface area contributed by atoms with Crippen LogP contribution in [0.3, 0.4) is 0 Å². The highest BCUT2D eigenvalue weighted by atomic mass is 32.2. The molecule has 216 valence electrons. The zero-order chi connectivity index (χ0) is 27.0. The van der Waals surface area contributed by atoms with Crippen LogP contribution in [0.5, 0.6) is 11.5 Å². The second kappa shape index (κ2) is 23.9. The van der Waals surface area contributed by atoms with Crippen molar-refractivity contribution in [3.8, 4) is 11.5 Å². The quantitative estimate of drug-likeness (QED) is 0.192. The molecule has 8 nitrogen and oxygen atoms in total. The van der Waals surface area contributed by atoms with Crippen molar-refractivity contribution in [2.45, 2.75) is 64.0 Å². The molecule has 2 atom stereocenters. The fourth-order valence-electron chi connectivity index (χ4n) is 3.55. The first kappa shape index (κ1) is 33.8. The molecule has 37 heavy (non-hydrogen) atoms. The summed E-state index contributed by atoms with van der Waals surface area (Å²) >= 11 is 0. The Bertz CT molecular complexity index is 676. The Hall–Kier alpha value is -1.23. The Labute approximate surface area is 227 Å². The van der Waals surface area contributed by atoms with Gasteiger partial charge in [-0.2, -0.15) is 0 Å². The molecule has 2 rings (SSSR count). The van der Waals surface area contributed by atoms with Gasteiger partial charge in [0.15, 0.2) is 11.5 Å². The van der Waals surface area contributed by atoms with Gasteiger partial charge in [0.1, 0.15) is 0 Å². The normalized spacial score (nSPS) is 13.7. The molecule has 1 aromatic carbocycles. The highest BCUT2D eigenvalue weighted by molar-refractivity contribution is 7.85. The maximum atomic E-state index is 12.3. The highest BCUT2D eigenvalue weighted by Crippen LogP contribution is 2.33. The lowest BCUT2D eigenvalue weighted by Gasteiger charge is -2.12. The van der Waals surface area contributed by atoms with Crippen molar-refractivity contribution in [2.75, 3.05) is 79.6 Å². The predicted molar refractivity (Wildman–Crippen MR) is 148 cm³/mol. The monoisotopic (exact) mass is 546 g/mol. The Kier molecular flexibility index (Phi) is 21.8. The topological polar surface area (TPSA) is 81.7 Å². The van der Waals surface area contributed by atoms with Crippen LogP contribution in [0, 0.1) is 0 Å². The third-order valence-corrected chi connectivity index (χ3v) is 7.47. The molecule has 0 saturated heterocycles. The van der Waals surface area contributed by atoms with Gasteiger partial charge < -0.3 is 33.2 Å². The maximum absolute atomic E-state index is 12.3. The summed E-state index contributed by atoms with van der Waals surface area (Å²) in [5.74, 6) is 2.45. The van der Waals surface area contributed by atoms with E-state index in [1.54, 1.807) is 14.2 Å². The van der Waals surface area contributed by atoms with Crippen LogP contribution in [-0.2, 0) is 40.9 Å². The number of benzene rings is 1. The van der Waals surface area contributed by atoms with E-state index >= 15 is 0 Å². The van der Waals surface area contributed by atoms with Crippen LogP contribution in [0.2, 0.25) is 0 Å². The van der Waals surface area contributed by atoms with Gasteiger partial charge >= 0.3 is 0 Å². The zero-order valence-electron chi connectivity index (χ0n) is 23.5. The van der Waals surface area contributed by atoms with E-state index in [0.717, 1.165) is 30.1 Å². The lowest BCUT2D eigenvalue weighted by atomic mass is 10.1. The summed E-state index contributed by atoms with van der Waals surface area (Å²) in [5.41, 5.74) is 1.17. The largest absolute Gasteiger partial charge is 0.454 e. The molecule has 1 aliphatic rings. The smallest absolute Gasteiger partial charge is 0.231 e. The van der Waals surface area contributed by atoms with Crippen molar-refractivity contribution < 1.29 is 37.4 Å². The summed E-state index contributed by atoms with van der Waals surface area (Å²) in [4.78, 5) is 0. The van der Waals surface area contributed by atoms with E-state index in [4.69, 9.17) is 33.2 Å². The number of rotatable bonds is 22. The van der Waals surface area contributed by atoms with Crippen LogP contribution in [0.15, 0.2) is 18.2 Å². The Morgan fingerprint density at radius 3 is 1.92 bits per heavy atom. The first-order valence-corrected chi connectivity index (χ1v) is 15.0. The molecule has 0 fully saturated rings. The SMILES string of the molecule is CCCCCCCCS(=O)C(C)Cc1ccc2c(c1)OCO2.COCCOCCOCCOCCOC. The summed E-state index contributed by atoms with van der Waals surface area (Å²) in [6, 6.07) is 6.01. The minimum atomic E-state index is -0.743. The van der Waals surface area contributed by atoms with Crippen molar-refractivity contribution in [2.24, 2.45) is 0 Å². The van der Waals surface area contributed by atoms with Gasteiger partial charge in [0.05, 0.1) is 52.9 Å². The van der Waals surface area contributed by atoms with Gasteiger partial charge in [-0.1, -0.05) is 52.0 Å². The summed E-state index contributed by atoms with van der Waals surface area (Å²) in [5, 5.41) is 0.191. The number of fused-ring (bicyclic) bond motifs is 1. The lowest BCUT2D eigenvalue weighted by Crippen LogP contribution is -2.16. The average molecular weight is 547 g/mol. The summed E-state index contributed by atoms with van der Waals surface area (Å²) in [7, 11) is 2.56. The van der Waals surface area contributed by atoms with E-state index in [1.165, 1.54) is 37.7 Å². The first-order valence-electron chi connectivity index (χ1n) is 13.6. The summed E-state index contributed by atoms with van der Waals surface area (Å²) in [6.45, 7) is 9.48. The number of hydrogen-bond donors (Lipinski definition) is 0. The Morgan fingerprint density at radius 2 is 1.32 bits per heavy atom. The molecule has 9 heteroatoms. The molecule has 0 saturated carbocycles. The van der Waals surface area contributed by atoms with Crippen LogP contribution in [-0.4, -0.2) is 89.1 Å². The van der Waals surface area contributed by atoms with E-state index in [0.29, 0.717) is 59.6 Å². The number of ether oxygens (including phenoxy) is 7. The minimum Gasteiger partial charge on any atom is -0.454 e. The number of hydrogen-bond acceptors (Lipinski definition) is 8. The molecule has 1 aliphatic heterocycles. The number of unbranched alkanes of at least 4 members (excludes halogenated alkanes) is 5. The molecule has 0 amide bonds. The fraction of sp³-hybridized carbons (Fsp3) is 0.786. The Balaban J connectivity index is 0.000000401. The van der Waals surface area contributed by atoms with Crippen molar-refractivity contribution in [1.29, 1.82) is 0 Å².